The zero-order valence-electron chi connectivity index (χ0n) is 13.2. The van der Waals surface area contributed by atoms with E-state index in [2.05, 4.69) is 35.3 Å². The van der Waals surface area contributed by atoms with Crippen LogP contribution in [-0.4, -0.2) is 31.2 Å². The number of nitrogens with one attached hydrogen (secondary N) is 1. The van der Waals surface area contributed by atoms with Crippen molar-refractivity contribution in [3.63, 3.8) is 0 Å². The van der Waals surface area contributed by atoms with Crippen LogP contribution in [0.1, 0.15) is 28.8 Å². The van der Waals surface area contributed by atoms with E-state index >= 15 is 0 Å². The second-order valence-electron chi connectivity index (χ2n) is 6.33. The zero-order chi connectivity index (χ0) is 14.9. The number of hydrogen-bond acceptors (Lipinski definition) is 4. The summed E-state index contributed by atoms with van der Waals surface area (Å²) in [6.07, 6.45) is 5.16. The predicted octanol–water partition coefficient (Wildman–Crippen LogP) is 3.41. The Kier molecular flexibility index (Phi) is 3.89. The molecule has 1 aliphatic carbocycles. The fourth-order valence-corrected chi connectivity index (χ4v) is 4.51. The molecule has 0 amide bonds. The molecule has 4 heteroatoms. The van der Waals surface area contributed by atoms with E-state index in [0.717, 1.165) is 26.2 Å². The lowest BCUT2D eigenvalue weighted by Crippen LogP contribution is -2.43. The third-order valence-electron chi connectivity index (χ3n) is 4.79. The van der Waals surface area contributed by atoms with Gasteiger partial charge in [-0.25, -0.2) is 4.98 Å². The SMILES string of the molecule is Cc1sc(N2CCNCC2)nc1-c1ccc2c(c1)CCCC2. The molecule has 0 radical (unpaired) electrons. The summed E-state index contributed by atoms with van der Waals surface area (Å²) < 4.78 is 0. The highest BCUT2D eigenvalue weighted by molar-refractivity contribution is 7.16. The number of fused-ring (bicyclic) bond motifs is 1. The lowest BCUT2D eigenvalue weighted by atomic mass is 9.90. The van der Waals surface area contributed by atoms with Crippen LogP contribution in [0, 0.1) is 6.92 Å². The van der Waals surface area contributed by atoms with Crippen LogP contribution < -0.4 is 10.2 Å². The maximum atomic E-state index is 4.97. The predicted molar refractivity (Wildman–Crippen MR) is 94.0 cm³/mol. The van der Waals surface area contributed by atoms with Crippen molar-refractivity contribution in [3.05, 3.63) is 34.2 Å². The molecule has 0 saturated carbocycles. The Balaban J connectivity index is 1.66. The quantitative estimate of drug-likeness (QED) is 0.921. The van der Waals surface area contributed by atoms with E-state index in [0.29, 0.717) is 0 Å². The van der Waals surface area contributed by atoms with Gasteiger partial charge >= 0.3 is 0 Å². The first-order valence-electron chi connectivity index (χ1n) is 8.36. The molecule has 0 spiro atoms. The van der Waals surface area contributed by atoms with E-state index in [9.17, 15) is 0 Å². The van der Waals surface area contributed by atoms with Gasteiger partial charge in [0.25, 0.3) is 0 Å². The lowest BCUT2D eigenvalue weighted by molar-refractivity contribution is 0.588. The van der Waals surface area contributed by atoms with Crippen molar-refractivity contribution in [2.24, 2.45) is 0 Å². The van der Waals surface area contributed by atoms with Crippen molar-refractivity contribution in [1.29, 1.82) is 0 Å². The minimum Gasteiger partial charge on any atom is -0.346 e. The fraction of sp³-hybridized carbons (Fsp3) is 0.500. The van der Waals surface area contributed by atoms with Crippen LogP contribution in [0.4, 0.5) is 5.13 Å². The Morgan fingerprint density at radius 1 is 1.09 bits per heavy atom. The third kappa shape index (κ3) is 2.66. The van der Waals surface area contributed by atoms with Gasteiger partial charge < -0.3 is 10.2 Å². The number of rotatable bonds is 2. The van der Waals surface area contributed by atoms with E-state index in [4.69, 9.17) is 4.98 Å². The highest BCUT2D eigenvalue weighted by Gasteiger charge is 2.18. The Bertz CT molecular complexity index is 671. The summed E-state index contributed by atoms with van der Waals surface area (Å²) in [6.45, 7) is 6.46. The summed E-state index contributed by atoms with van der Waals surface area (Å²) in [4.78, 5) is 8.72. The van der Waals surface area contributed by atoms with E-state index < -0.39 is 0 Å². The van der Waals surface area contributed by atoms with E-state index in [1.807, 2.05) is 11.3 Å². The number of nitrogens with zero attached hydrogens (tertiary/aromatic N) is 2. The van der Waals surface area contributed by atoms with Crippen LogP contribution in [-0.2, 0) is 12.8 Å². The third-order valence-corrected chi connectivity index (χ3v) is 5.83. The minimum absolute atomic E-state index is 1.06. The number of piperazine rings is 1. The molecule has 0 atom stereocenters. The number of thiazole rings is 1. The number of hydrogen-bond donors (Lipinski definition) is 1. The van der Waals surface area contributed by atoms with Crippen molar-refractivity contribution in [1.82, 2.24) is 10.3 Å². The molecule has 1 aromatic heterocycles. The largest absolute Gasteiger partial charge is 0.346 e. The van der Waals surface area contributed by atoms with Gasteiger partial charge in [0.2, 0.25) is 0 Å². The molecule has 0 unspecified atom stereocenters. The van der Waals surface area contributed by atoms with Crippen LogP contribution in [0.5, 0.6) is 0 Å². The van der Waals surface area contributed by atoms with Gasteiger partial charge in [-0.1, -0.05) is 12.1 Å². The standard InChI is InChI=1S/C18H23N3S/c1-13-17(20-18(22-13)21-10-8-19-9-11-21)16-7-6-14-4-2-3-5-15(14)12-16/h6-7,12,19H,2-5,8-11H2,1H3. The molecule has 4 rings (SSSR count). The molecule has 1 N–H and O–H groups in total. The molecule has 1 saturated heterocycles. The Morgan fingerprint density at radius 2 is 1.86 bits per heavy atom. The average molecular weight is 313 g/mol. The lowest BCUT2D eigenvalue weighted by Gasteiger charge is -2.26. The zero-order valence-corrected chi connectivity index (χ0v) is 14.0. The molecule has 1 aliphatic heterocycles. The molecule has 1 aromatic carbocycles. The van der Waals surface area contributed by atoms with Crippen molar-refractivity contribution in [2.75, 3.05) is 31.1 Å². The summed E-state index contributed by atoms with van der Waals surface area (Å²) in [7, 11) is 0. The summed E-state index contributed by atoms with van der Waals surface area (Å²) >= 11 is 1.84. The number of anilines is 1. The van der Waals surface area contributed by atoms with E-state index in [1.165, 1.54) is 46.9 Å². The molecule has 3 nitrogen and oxygen atoms in total. The van der Waals surface area contributed by atoms with Gasteiger partial charge in [0.05, 0.1) is 5.69 Å². The summed E-state index contributed by atoms with van der Waals surface area (Å²) in [6, 6.07) is 6.99. The summed E-state index contributed by atoms with van der Waals surface area (Å²) in [5.41, 5.74) is 5.58. The highest BCUT2D eigenvalue weighted by Crippen LogP contribution is 2.34. The molecule has 2 aliphatic rings. The molecule has 2 heterocycles. The Morgan fingerprint density at radius 3 is 2.68 bits per heavy atom. The smallest absolute Gasteiger partial charge is 0.186 e. The second kappa shape index (κ2) is 6.01. The van der Waals surface area contributed by atoms with Crippen molar-refractivity contribution >= 4 is 16.5 Å². The van der Waals surface area contributed by atoms with E-state index in [1.54, 1.807) is 11.1 Å². The maximum absolute atomic E-state index is 4.97. The molecule has 116 valence electrons. The molecular weight excluding hydrogens is 290 g/mol. The van der Waals surface area contributed by atoms with Crippen LogP contribution in [0.3, 0.4) is 0 Å². The van der Waals surface area contributed by atoms with Gasteiger partial charge in [0, 0.05) is 36.6 Å². The fourth-order valence-electron chi connectivity index (χ4n) is 3.52. The summed E-state index contributed by atoms with van der Waals surface area (Å²) in [5, 5.41) is 4.59. The first kappa shape index (κ1) is 14.2. The average Bonchev–Trinajstić information content (AvgIpc) is 2.97. The highest BCUT2D eigenvalue weighted by atomic mass is 32.1. The first-order chi connectivity index (χ1) is 10.8. The Hall–Kier alpha value is -1.39. The van der Waals surface area contributed by atoms with Gasteiger partial charge in [-0.3, -0.25) is 0 Å². The molecular formula is C18H23N3S. The van der Waals surface area contributed by atoms with Gasteiger partial charge in [-0.2, -0.15) is 0 Å². The van der Waals surface area contributed by atoms with Gasteiger partial charge in [0.1, 0.15) is 0 Å². The molecule has 2 aromatic rings. The van der Waals surface area contributed by atoms with Gasteiger partial charge in [-0.05, 0) is 49.8 Å². The number of benzene rings is 1. The van der Waals surface area contributed by atoms with Gasteiger partial charge in [0.15, 0.2) is 5.13 Å². The van der Waals surface area contributed by atoms with E-state index in [-0.39, 0.29) is 0 Å². The number of aryl methyl sites for hydroxylation is 3. The minimum atomic E-state index is 1.06. The molecule has 0 bridgehead atoms. The normalized spacial score (nSPS) is 18.3. The van der Waals surface area contributed by atoms with Crippen molar-refractivity contribution < 1.29 is 0 Å². The number of aromatic nitrogens is 1. The monoisotopic (exact) mass is 313 g/mol. The first-order valence-corrected chi connectivity index (χ1v) is 9.18. The molecule has 1 fully saturated rings. The topological polar surface area (TPSA) is 28.2 Å². The van der Waals surface area contributed by atoms with Gasteiger partial charge in [-0.15, -0.1) is 11.3 Å². The van der Waals surface area contributed by atoms with Crippen LogP contribution in [0.25, 0.3) is 11.3 Å². The summed E-state index contributed by atoms with van der Waals surface area (Å²) in [5.74, 6) is 0. The molecule has 22 heavy (non-hydrogen) atoms. The van der Waals surface area contributed by atoms with Crippen LogP contribution in [0.2, 0.25) is 0 Å². The van der Waals surface area contributed by atoms with Crippen molar-refractivity contribution in [2.45, 2.75) is 32.6 Å². The second-order valence-corrected chi connectivity index (χ2v) is 7.51. The Labute approximate surface area is 136 Å². The maximum Gasteiger partial charge on any atom is 0.186 e. The van der Waals surface area contributed by atoms with Crippen LogP contribution in [0.15, 0.2) is 18.2 Å². The van der Waals surface area contributed by atoms with Crippen molar-refractivity contribution in [3.8, 4) is 11.3 Å². The van der Waals surface area contributed by atoms with Crippen LogP contribution >= 0.6 is 11.3 Å².